The van der Waals surface area contributed by atoms with Crippen LogP contribution >= 0.6 is 0 Å². The van der Waals surface area contributed by atoms with Gasteiger partial charge in [0.2, 0.25) is 0 Å². The van der Waals surface area contributed by atoms with Gasteiger partial charge in [0.15, 0.2) is 0 Å². The fourth-order valence-electron chi connectivity index (χ4n) is 2.16. The third-order valence-electron chi connectivity index (χ3n) is 2.63. The van der Waals surface area contributed by atoms with Gasteiger partial charge in [-0.05, 0) is 30.6 Å². The van der Waals surface area contributed by atoms with Gasteiger partial charge in [-0.2, -0.15) is 0 Å². The molecule has 3 N–H and O–H groups in total. The van der Waals surface area contributed by atoms with Crippen LogP contribution in [-0.2, 0) is 4.79 Å². The summed E-state index contributed by atoms with van der Waals surface area (Å²) in [7, 11) is 0. The van der Waals surface area contributed by atoms with Gasteiger partial charge >= 0.3 is 5.97 Å². The molecule has 0 heterocycles. The van der Waals surface area contributed by atoms with E-state index >= 15 is 0 Å². The van der Waals surface area contributed by atoms with Gasteiger partial charge in [0.1, 0.15) is 5.54 Å². The Morgan fingerprint density at radius 3 is 2.31 bits per heavy atom. The van der Waals surface area contributed by atoms with E-state index in [1.54, 1.807) is 0 Å². The number of nitrogens with two attached hydrogens (primary N) is 1. The highest BCUT2D eigenvalue weighted by molar-refractivity contribution is 5.79. The zero-order valence-electron chi connectivity index (χ0n) is 8.63. The Hall–Kier alpha value is -0.570. The summed E-state index contributed by atoms with van der Waals surface area (Å²) in [5, 5.41) is 8.78. The number of carboxylic acid groups (broad SMARTS) is 1. The Kier molecular flexibility index (Phi) is 2.41. The van der Waals surface area contributed by atoms with Crippen LogP contribution in [0.15, 0.2) is 0 Å². The van der Waals surface area contributed by atoms with E-state index in [-0.39, 0.29) is 5.41 Å². The minimum atomic E-state index is -0.921. The van der Waals surface area contributed by atoms with Crippen molar-refractivity contribution in [2.75, 3.05) is 0 Å². The number of carbonyl (C=O) groups is 1. The van der Waals surface area contributed by atoms with Crippen LogP contribution in [0.3, 0.4) is 0 Å². The quantitative estimate of drug-likeness (QED) is 0.687. The summed E-state index contributed by atoms with van der Waals surface area (Å²) in [6, 6.07) is 0. The lowest BCUT2D eigenvalue weighted by Crippen LogP contribution is -2.58. The number of carboxylic acids is 1. The molecule has 0 atom stereocenters. The summed E-state index contributed by atoms with van der Waals surface area (Å²) in [6.45, 7) is 6.51. The zero-order valence-corrected chi connectivity index (χ0v) is 8.63. The van der Waals surface area contributed by atoms with Crippen LogP contribution in [0.5, 0.6) is 0 Å². The van der Waals surface area contributed by atoms with Gasteiger partial charge in [-0.15, -0.1) is 0 Å². The van der Waals surface area contributed by atoms with Crippen molar-refractivity contribution in [2.24, 2.45) is 17.1 Å². The lowest BCUT2D eigenvalue weighted by Gasteiger charge is -2.43. The fourth-order valence-corrected chi connectivity index (χ4v) is 2.16. The van der Waals surface area contributed by atoms with Gasteiger partial charge in [0.05, 0.1) is 0 Å². The van der Waals surface area contributed by atoms with Crippen molar-refractivity contribution in [1.29, 1.82) is 0 Å². The molecule has 0 radical (unpaired) electrons. The van der Waals surface area contributed by atoms with E-state index in [9.17, 15) is 4.79 Å². The Labute approximate surface area is 79.3 Å². The van der Waals surface area contributed by atoms with Crippen molar-refractivity contribution in [1.82, 2.24) is 0 Å². The third-order valence-corrected chi connectivity index (χ3v) is 2.63. The third kappa shape index (κ3) is 2.44. The number of hydrogen-bond acceptors (Lipinski definition) is 2. The smallest absolute Gasteiger partial charge is 0.323 e. The molecule has 0 aromatic carbocycles. The van der Waals surface area contributed by atoms with Gasteiger partial charge in [-0.25, -0.2) is 0 Å². The molecule has 0 bridgehead atoms. The first-order valence-corrected chi connectivity index (χ1v) is 4.75. The summed E-state index contributed by atoms with van der Waals surface area (Å²) >= 11 is 0. The molecule has 0 saturated heterocycles. The molecular formula is C10H19NO2. The number of hydrogen-bond donors (Lipinski definition) is 2. The van der Waals surface area contributed by atoms with Crippen molar-refractivity contribution < 1.29 is 9.90 Å². The Morgan fingerprint density at radius 2 is 2.00 bits per heavy atom. The molecule has 1 fully saturated rings. The number of aliphatic carboxylic acids is 1. The van der Waals surface area contributed by atoms with Gasteiger partial charge < -0.3 is 10.8 Å². The summed E-state index contributed by atoms with van der Waals surface area (Å²) in [6.07, 6.45) is 2.35. The molecular weight excluding hydrogens is 166 g/mol. The summed E-state index contributed by atoms with van der Waals surface area (Å²) in [5.41, 5.74) is 5.02. The van der Waals surface area contributed by atoms with E-state index in [2.05, 4.69) is 20.8 Å². The normalized spacial score (nSPS) is 34.0. The van der Waals surface area contributed by atoms with Gasteiger partial charge in [-0.1, -0.05) is 20.8 Å². The molecule has 3 nitrogen and oxygen atoms in total. The molecule has 1 aliphatic carbocycles. The van der Waals surface area contributed by atoms with Crippen molar-refractivity contribution in [2.45, 2.75) is 45.6 Å². The van der Waals surface area contributed by atoms with Crippen LogP contribution in [0.25, 0.3) is 0 Å². The average Bonchev–Trinajstić information content (AvgIpc) is 1.79. The second-order valence-electron chi connectivity index (χ2n) is 5.50. The van der Waals surface area contributed by atoms with Crippen molar-refractivity contribution in [3.05, 3.63) is 0 Å². The minimum Gasteiger partial charge on any atom is -0.480 e. The first-order valence-electron chi connectivity index (χ1n) is 4.75. The van der Waals surface area contributed by atoms with Crippen LogP contribution < -0.4 is 5.73 Å². The molecule has 13 heavy (non-hydrogen) atoms. The number of rotatable bonds is 2. The molecule has 0 aliphatic heterocycles. The lowest BCUT2D eigenvalue weighted by molar-refractivity contribution is -0.149. The molecule has 76 valence electrons. The fraction of sp³-hybridized carbons (Fsp3) is 0.900. The minimum absolute atomic E-state index is 0.282. The Bertz CT molecular complexity index is 211. The molecule has 1 aliphatic rings. The van der Waals surface area contributed by atoms with E-state index in [4.69, 9.17) is 10.8 Å². The molecule has 1 saturated carbocycles. The van der Waals surface area contributed by atoms with Crippen LogP contribution in [0.4, 0.5) is 0 Å². The SMILES string of the molecule is CC(C)(C)CC1CC(N)(C(=O)O)C1. The predicted molar refractivity (Wildman–Crippen MR) is 51.4 cm³/mol. The van der Waals surface area contributed by atoms with Gasteiger partial charge in [0.25, 0.3) is 0 Å². The van der Waals surface area contributed by atoms with Crippen molar-refractivity contribution in [3.63, 3.8) is 0 Å². The molecule has 0 unspecified atom stereocenters. The first kappa shape index (κ1) is 10.5. The maximum absolute atomic E-state index is 10.7. The van der Waals surface area contributed by atoms with E-state index in [1.807, 2.05) is 0 Å². The summed E-state index contributed by atoms with van der Waals surface area (Å²) in [5.74, 6) is -0.348. The van der Waals surface area contributed by atoms with Crippen LogP contribution in [-0.4, -0.2) is 16.6 Å². The Morgan fingerprint density at radius 1 is 1.54 bits per heavy atom. The first-order chi connectivity index (χ1) is 5.73. The highest BCUT2D eigenvalue weighted by Gasteiger charge is 2.47. The monoisotopic (exact) mass is 185 g/mol. The van der Waals surface area contributed by atoms with E-state index < -0.39 is 11.5 Å². The van der Waals surface area contributed by atoms with E-state index in [0.717, 1.165) is 6.42 Å². The largest absolute Gasteiger partial charge is 0.480 e. The topological polar surface area (TPSA) is 63.3 Å². The highest BCUT2D eigenvalue weighted by Crippen LogP contribution is 2.42. The second kappa shape index (κ2) is 2.98. The molecule has 3 heteroatoms. The summed E-state index contributed by atoms with van der Waals surface area (Å²) in [4.78, 5) is 10.7. The average molecular weight is 185 g/mol. The Balaban J connectivity index is 2.38. The van der Waals surface area contributed by atoms with Crippen molar-refractivity contribution in [3.8, 4) is 0 Å². The molecule has 0 aromatic rings. The van der Waals surface area contributed by atoms with Gasteiger partial charge in [-0.3, -0.25) is 4.79 Å². The summed E-state index contributed by atoms with van der Waals surface area (Å²) < 4.78 is 0. The zero-order chi connectivity index (χ0) is 10.3. The maximum atomic E-state index is 10.7. The van der Waals surface area contributed by atoms with E-state index in [0.29, 0.717) is 18.8 Å². The highest BCUT2D eigenvalue weighted by atomic mass is 16.4. The van der Waals surface area contributed by atoms with Crippen LogP contribution in [0.1, 0.15) is 40.0 Å². The standard InChI is InChI=1S/C10H19NO2/c1-9(2,3)4-7-5-10(11,6-7)8(12)13/h7H,4-6,11H2,1-3H3,(H,12,13). The predicted octanol–water partition coefficient (Wildman–Crippen LogP) is 1.61. The maximum Gasteiger partial charge on any atom is 0.323 e. The lowest BCUT2D eigenvalue weighted by atomic mass is 9.64. The van der Waals surface area contributed by atoms with Crippen LogP contribution in [0.2, 0.25) is 0 Å². The van der Waals surface area contributed by atoms with Crippen LogP contribution in [0, 0.1) is 11.3 Å². The molecule has 0 aromatic heterocycles. The second-order valence-corrected chi connectivity index (χ2v) is 5.50. The molecule has 0 spiro atoms. The molecule has 1 rings (SSSR count). The van der Waals surface area contributed by atoms with E-state index in [1.165, 1.54) is 0 Å². The van der Waals surface area contributed by atoms with Gasteiger partial charge in [0, 0.05) is 0 Å². The van der Waals surface area contributed by atoms with Crippen molar-refractivity contribution >= 4 is 5.97 Å². The molecule has 0 amide bonds.